The Bertz CT molecular complexity index is 465. The highest BCUT2D eigenvalue weighted by molar-refractivity contribution is 7.79. The van der Waals surface area contributed by atoms with Crippen LogP contribution in [-0.4, -0.2) is 24.0 Å². The molecule has 0 spiro atoms. The molecular weight excluding hydrogens is 212 g/mol. The zero-order valence-electron chi connectivity index (χ0n) is 8.02. The summed E-state index contributed by atoms with van der Waals surface area (Å²) in [5.41, 5.74) is 0.845. The number of Topliss-reactive ketones (excluding diaryl/α,β-unsaturated/α-hetero) is 2. The fraction of sp³-hybridized carbons (Fsp3) is 0.182. The van der Waals surface area contributed by atoms with Gasteiger partial charge in [-0.05, 0) is 23.6 Å². The molecule has 0 amide bonds. The highest BCUT2D eigenvalue weighted by Crippen LogP contribution is 2.29. The molecule has 0 fully saturated rings. The molecule has 0 saturated heterocycles. The van der Waals surface area contributed by atoms with Crippen molar-refractivity contribution in [1.29, 1.82) is 0 Å². The van der Waals surface area contributed by atoms with Crippen LogP contribution in [0.15, 0.2) is 18.2 Å². The SMILES string of the molecule is COc1ccc2c(c1)C(=O)C(C=S)C2=O. The van der Waals surface area contributed by atoms with Crippen LogP contribution in [0, 0.1) is 5.92 Å². The van der Waals surface area contributed by atoms with Crippen molar-refractivity contribution >= 4 is 29.2 Å². The first-order valence-corrected chi connectivity index (χ1v) is 4.88. The van der Waals surface area contributed by atoms with Crippen molar-refractivity contribution in [2.24, 2.45) is 5.92 Å². The summed E-state index contributed by atoms with van der Waals surface area (Å²) in [6.07, 6.45) is 0. The van der Waals surface area contributed by atoms with E-state index in [-0.39, 0.29) is 11.6 Å². The van der Waals surface area contributed by atoms with Crippen LogP contribution in [-0.2, 0) is 0 Å². The number of carbonyl (C=O) groups excluding carboxylic acids is 2. The molecular formula is C11H8O3S. The van der Waals surface area contributed by atoms with Gasteiger partial charge in [0, 0.05) is 11.1 Å². The molecule has 0 aromatic heterocycles. The van der Waals surface area contributed by atoms with E-state index in [0.717, 1.165) is 0 Å². The van der Waals surface area contributed by atoms with Crippen molar-refractivity contribution in [3.8, 4) is 5.75 Å². The van der Waals surface area contributed by atoms with E-state index in [1.165, 1.54) is 12.5 Å². The molecule has 3 nitrogen and oxygen atoms in total. The molecule has 0 bridgehead atoms. The van der Waals surface area contributed by atoms with E-state index < -0.39 is 5.92 Å². The number of hydrogen-bond donors (Lipinski definition) is 0. The predicted octanol–water partition coefficient (Wildman–Crippen LogP) is 1.69. The summed E-state index contributed by atoms with van der Waals surface area (Å²) in [4.78, 5) is 23.4. The third-order valence-corrected chi connectivity index (χ3v) is 2.73. The van der Waals surface area contributed by atoms with Gasteiger partial charge in [-0.3, -0.25) is 9.59 Å². The van der Waals surface area contributed by atoms with Crippen LogP contribution in [0.2, 0.25) is 0 Å². The molecule has 1 aliphatic carbocycles. The monoisotopic (exact) mass is 220 g/mol. The number of ether oxygens (including phenoxy) is 1. The molecule has 1 atom stereocenters. The fourth-order valence-electron chi connectivity index (χ4n) is 1.65. The average molecular weight is 220 g/mol. The van der Waals surface area contributed by atoms with Gasteiger partial charge in [-0.25, -0.2) is 0 Å². The van der Waals surface area contributed by atoms with E-state index in [1.54, 1.807) is 18.2 Å². The van der Waals surface area contributed by atoms with Crippen molar-refractivity contribution < 1.29 is 14.3 Å². The van der Waals surface area contributed by atoms with Crippen LogP contribution in [0.4, 0.5) is 0 Å². The Hall–Kier alpha value is -1.55. The lowest BCUT2D eigenvalue weighted by Gasteiger charge is -2.00. The maximum atomic E-state index is 11.7. The van der Waals surface area contributed by atoms with E-state index in [0.29, 0.717) is 16.9 Å². The highest BCUT2D eigenvalue weighted by Gasteiger charge is 2.37. The van der Waals surface area contributed by atoms with Crippen LogP contribution in [0.5, 0.6) is 5.75 Å². The Morgan fingerprint density at radius 3 is 2.53 bits per heavy atom. The number of methoxy groups -OCH3 is 1. The van der Waals surface area contributed by atoms with Gasteiger partial charge in [0.25, 0.3) is 0 Å². The van der Waals surface area contributed by atoms with Gasteiger partial charge < -0.3 is 4.74 Å². The zero-order valence-corrected chi connectivity index (χ0v) is 8.84. The third kappa shape index (κ3) is 1.37. The number of ketones is 2. The maximum Gasteiger partial charge on any atom is 0.179 e. The molecule has 1 aromatic rings. The second kappa shape index (κ2) is 3.55. The van der Waals surface area contributed by atoms with E-state index in [1.807, 2.05) is 0 Å². The largest absolute Gasteiger partial charge is 0.497 e. The predicted molar refractivity (Wildman–Crippen MR) is 58.8 cm³/mol. The normalized spacial score (nSPS) is 18.9. The molecule has 76 valence electrons. The van der Waals surface area contributed by atoms with Crippen molar-refractivity contribution in [2.75, 3.05) is 7.11 Å². The van der Waals surface area contributed by atoms with E-state index in [2.05, 4.69) is 12.2 Å². The Balaban J connectivity index is 2.57. The molecule has 0 aliphatic heterocycles. The average Bonchev–Trinajstić information content (AvgIpc) is 2.51. The quantitative estimate of drug-likeness (QED) is 0.562. The summed E-state index contributed by atoms with van der Waals surface area (Å²) in [6, 6.07) is 4.84. The first kappa shape index (κ1) is 9.98. The Kier molecular flexibility index (Phi) is 2.36. The number of benzene rings is 1. The van der Waals surface area contributed by atoms with E-state index in [9.17, 15) is 9.59 Å². The fourth-order valence-corrected chi connectivity index (χ4v) is 1.89. The minimum atomic E-state index is -0.790. The molecule has 4 heteroatoms. The Morgan fingerprint density at radius 1 is 1.27 bits per heavy atom. The van der Waals surface area contributed by atoms with Crippen molar-refractivity contribution in [3.05, 3.63) is 29.3 Å². The van der Waals surface area contributed by atoms with Gasteiger partial charge in [-0.2, -0.15) is 0 Å². The summed E-state index contributed by atoms with van der Waals surface area (Å²) < 4.78 is 4.99. The number of fused-ring (bicyclic) bond motifs is 1. The van der Waals surface area contributed by atoms with Crippen molar-refractivity contribution in [1.82, 2.24) is 0 Å². The molecule has 1 aliphatic rings. The second-order valence-electron chi connectivity index (χ2n) is 3.25. The van der Waals surface area contributed by atoms with Gasteiger partial charge >= 0.3 is 0 Å². The molecule has 0 radical (unpaired) electrons. The van der Waals surface area contributed by atoms with Crippen LogP contribution in [0.25, 0.3) is 0 Å². The van der Waals surface area contributed by atoms with Crippen molar-refractivity contribution in [3.63, 3.8) is 0 Å². The van der Waals surface area contributed by atoms with Crippen LogP contribution >= 0.6 is 12.2 Å². The Labute approximate surface area is 92.0 Å². The molecule has 1 aromatic carbocycles. The summed E-state index contributed by atoms with van der Waals surface area (Å²) in [5.74, 6) is -0.668. The van der Waals surface area contributed by atoms with Gasteiger partial charge in [0.05, 0.1) is 7.11 Å². The molecule has 15 heavy (non-hydrogen) atoms. The lowest BCUT2D eigenvalue weighted by molar-refractivity contribution is 0.0887. The summed E-state index contributed by atoms with van der Waals surface area (Å²) in [7, 11) is 1.51. The van der Waals surface area contributed by atoms with Crippen LogP contribution in [0.3, 0.4) is 0 Å². The maximum absolute atomic E-state index is 11.7. The summed E-state index contributed by atoms with van der Waals surface area (Å²) >= 11 is 4.68. The minimum absolute atomic E-state index is 0.215. The molecule has 2 rings (SSSR count). The molecule has 0 heterocycles. The number of rotatable bonds is 2. The van der Waals surface area contributed by atoms with E-state index >= 15 is 0 Å². The van der Waals surface area contributed by atoms with Gasteiger partial charge in [-0.15, -0.1) is 0 Å². The van der Waals surface area contributed by atoms with E-state index in [4.69, 9.17) is 4.74 Å². The van der Waals surface area contributed by atoms with Gasteiger partial charge in [-0.1, -0.05) is 12.2 Å². The molecule has 0 N–H and O–H groups in total. The first-order chi connectivity index (χ1) is 7.19. The number of thiocarbonyl (C=S) groups is 1. The smallest absolute Gasteiger partial charge is 0.179 e. The lowest BCUT2D eigenvalue weighted by atomic mass is 10.1. The zero-order chi connectivity index (χ0) is 11.0. The van der Waals surface area contributed by atoms with Gasteiger partial charge in [0.15, 0.2) is 11.6 Å². The van der Waals surface area contributed by atoms with Crippen molar-refractivity contribution in [2.45, 2.75) is 0 Å². The lowest BCUT2D eigenvalue weighted by Crippen LogP contribution is -2.15. The minimum Gasteiger partial charge on any atom is -0.497 e. The standard InChI is InChI=1S/C11H8O3S/c1-14-6-2-3-7-8(4-6)11(13)9(5-15)10(7)12/h2-5,9H,1H3. The van der Waals surface area contributed by atoms with Crippen LogP contribution in [0.1, 0.15) is 20.7 Å². The highest BCUT2D eigenvalue weighted by atomic mass is 32.1. The molecule has 0 saturated carbocycles. The number of carbonyl (C=O) groups is 2. The van der Waals surface area contributed by atoms with Crippen LogP contribution < -0.4 is 4.74 Å². The third-order valence-electron chi connectivity index (χ3n) is 2.46. The number of hydrogen-bond acceptors (Lipinski definition) is 4. The second-order valence-corrected chi connectivity index (χ2v) is 3.53. The first-order valence-electron chi connectivity index (χ1n) is 4.41. The summed E-state index contributed by atoms with van der Waals surface area (Å²) in [5, 5.41) is 1.22. The summed E-state index contributed by atoms with van der Waals surface area (Å²) in [6.45, 7) is 0. The molecule has 1 unspecified atom stereocenters. The van der Waals surface area contributed by atoms with Gasteiger partial charge in [0.1, 0.15) is 11.7 Å². The Morgan fingerprint density at radius 2 is 1.93 bits per heavy atom. The topological polar surface area (TPSA) is 43.4 Å². The van der Waals surface area contributed by atoms with Gasteiger partial charge in [0.2, 0.25) is 0 Å².